The Bertz CT molecular complexity index is 2200. The van der Waals surface area contributed by atoms with E-state index in [2.05, 4.69) is 59.9 Å². The second kappa shape index (κ2) is 11.7. The molecule has 0 fully saturated rings. The number of aliphatic carboxylic acids is 1. The first-order valence-corrected chi connectivity index (χ1v) is 17.1. The van der Waals surface area contributed by atoms with Gasteiger partial charge in [0, 0.05) is 66.4 Å². The van der Waals surface area contributed by atoms with Crippen molar-refractivity contribution in [3.8, 4) is 22.5 Å². The first-order chi connectivity index (χ1) is 23.1. The molecule has 0 spiro atoms. The van der Waals surface area contributed by atoms with Crippen molar-refractivity contribution in [1.29, 1.82) is 0 Å². The van der Waals surface area contributed by atoms with E-state index in [1.54, 1.807) is 6.92 Å². The molecule has 254 valence electrons. The molecule has 0 unspecified atom stereocenters. The summed E-state index contributed by atoms with van der Waals surface area (Å²) in [6.45, 7) is 14.8. The zero-order chi connectivity index (χ0) is 35.0. The van der Waals surface area contributed by atoms with Crippen LogP contribution in [0.5, 0.6) is 0 Å². The Hall–Kier alpha value is -4.76. The Morgan fingerprint density at radius 2 is 1.84 bits per heavy atom. The normalized spacial score (nSPS) is 16.7. The third-order valence-electron chi connectivity index (χ3n) is 10.2. The summed E-state index contributed by atoms with van der Waals surface area (Å²) in [7, 11) is 1.94. The van der Waals surface area contributed by atoms with Crippen LogP contribution in [-0.4, -0.2) is 48.5 Å². The van der Waals surface area contributed by atoms with Crippen molar-refractivity contribution in [2.24, 2.45) is 12.5 Å². The standard InChI is InChI=1S/C40H45N5O4/c1-23-33(37(38(47)48)49-39(3,4)5)34(25-11-14-40(6,7)15-12-25)29-21-32(45-18-17-44(24(2)46)35(23)36(29)45)27-13-16-41-30(20-27)26-9-10-31-28(19-26)22-42-43(31)8/h9-11,13,16,19-22,37H,12,14-15,17-18H2,1-8H3,(H,47,48)/t37-/m0/s1. The molecule has 9 heteroatoms. The van der Waals surface area contributed by atoms with E-state index in [-0.39, 0.29) is 11.3 Å². The van der Waals surface area contributed by atoms with Gasteiger partial charge in [-0.15, -0.1) is 0 Å². The monoisotopic (exact) mass is 659 g/mol. The van der Waals surface area contributed by atoms with Crippen molar-refractivity contribution in [2.45, 2.75) is 86.0 Å². The zero-order valence-corrected chi connectivity index (χ0v) is 29.7. The molecule has 1 atom stereocenters. The maximum Gasteiger partial charge on any atom is 0.337 e. The van der Waals surface area contributed by atoms with Crippen LogP contribution in [0.1, 0.15) is 83.6 Å². The minimum atomic E-state index is -1.22. The number of allylic oxidation sites excluding steroid dienone is 2. The molecule has 9 nitrogen and oxygen atoms in total. The predicted octanol–water partition coefficient (Wildman–Crippen LogP) is 8.47. The zero-order valence-electron chi connectivity index (χ0n) is 29.7. The molecule has 2 aromatic carbocycles. The highest BCUT2D eigenvalue weighted by Gasteiger charge is 2.38. The molecule has 0 bridgehead atoms. The number of fused-ring (bicyclic) bond motifs is 1. The third kappa shape index (κ3) is 5.73. The molecule has 49 heavy (non-hydrogen) atoms. The van der Waals surface area contributed by atoms with E-state index in [1.165, 1.54) is 0 Å². The lowest BCUT2D eigenvalue weighted by atomic mass is 9.75. The molecule has 4 heterocycles. The summed E-state index contributed by atoms with van der Waals surface area (Å²) < 4.78 is 10.5. The minimum Gasteiger partial charge on any atom is -0.479 e. The first-order valence-electron chi connectivity index (χ1n) is 17.1. The number of carbonyl (C=O) groups excluding carboxylic acids is 1. The van der Waals surface area contributed by atoms with Crippen molar-refractivity contribution < 1.29 is 19.4 Å². The van der Waals surface area contributed by atoms with E-state index in [9.17, 15) is 14.7 Å². The number of ether oxygens (including phenoxy) is 1. The number of nitrogens with zero attached hydrogens (tertiary/aromatic N) is 5. The van der Waals surface area contributed by atoms with Crippen LogP contribution in [-0.2, 0) is 27.9 Å². The molecule has 5 aromatic rings. The second-order valence-electron chi connectivity index (χ2n) is 15.4. The van der Waals surface area contributed by atoms with Gasteiger partial charge in [0.2, 0.25) is 5.91 Å². The number of anilines is 1. The summed E-state index contributed by atoms with van der Waals surface area (Å²) in [5, 5.41) is 17.1. The molecule has 1 amide bonds. The molecule has 1 N–H and O–H groups in total. The van der Waals surface area contributed by atoms with E-state index in [0.29, 0.717) is 18.7 Å². The molecule has 1 aliphatic carbocycles. The Balaban J connectivity index is 1.52. The summed E-state index contributed by atoms with van der Waals surface area (Å²) in [5.74, 6) is -1.12. The lowest BCUT2D eigenvalue weighted by Gasteiger charge is -2.36. The first kappa shape index (κ1) is 32.8. The number of aryl methyl sites for hydroxylation is 1. The third-order valence-corrected chi connectivity index (χ3v) is 10.2. The van der Waals surface area contributed by atoms with E-state index >= 15 is 0 Å². The summed E-state index contributed by atoms with van der Waals surface area (Å²) in [6.07, 6.45) is 7.49. The van der Waals surface area contributed by atoms with Gasteiger partial charge >= 0.3 is 5.97 Å². The number of rotatable bonds is 6. The van der Waals surface area contributed by atoms with Crippen molar-refractivity contribution in [2.75, 3.05) is 11.4 Å². The highest BCUT2D eigenvalue weighted by molar-refractivity contribution is 6.11. The maximum absolute atomic E-state index is 13.2. The number of benzene rings is 2. The average molecular weight is 660 g/mol. The lowest BCUT2D eigenvalue weighted by molar-refractivity contribution is -0.160. The van der Waals surface area contributed by atoms with Gasteiger partial charge in [-0.25, -0.2) is 4.79 Å². The number of hydrogen-bond acceptors (Lipinski definition) is 5. The number of carbonyl (C=O) groups is 2. The van der Waals surface area contributed by atoms with E-state index in [1.807, 2.05) is 62.8 Å². The topological polar surface area (TPSA) is 102 Å². The van der Waals surface area contributed by atoms with E-state index in [0.717, 1.165) is 86.0 Å². The van der Waals surface area contributed by atoms with Crippen molar-refractivity contribution in [1.82, 2.24) is 19.3 Å². The Labute approximate surface area is 287 Å². The van der Waals surface area contributed by atoms with E-state index in [4.69, 9.17) is 9.72 Å². The second-order valence-corrected chi connectivity index (χ2v) is 15.4. The summed E-state index contributed by atoms with van der Waals surface area (Å²) in [4.78, 5) is 32.9. The van der Waals surface area contributed by atoms with Gasteiger partial charge in [0.25, 0.3) is 0 Å². The van der Waals surface area contributed by atoms with Crippen molar-refractivity contribution >= 4 is 44.9 Å². The summed E-state index contributed by atoms with van der Waals surface area (Å²) >= 11 is 0. The van der Waals surface area contributed by atoms with Gasteiger partial charge < -0.3 is 19.3 Å². The Kier molecular flexibility index (Phi) is 7.82. The highest BCUT2D eigenvalue weighted by Crippen LogP contribution is 2.50. The van der Waals surface area contributed by atoms with Crippen molar-refractivity contribution in [3.05, 3.63) is 71.6 Å². The molecular weight excluding hydrogens is 614 g/mol. The number of hydrogen-bond donors (Lipinski definition) is 1. The number of pyridine rings is 1. The molecule has 7 rings (SSSR count). The number of carboxylic acid groups (broad SMARTS) is 1. The smallest absolute Gasteiger partial charge is 0.337 e. The van der Waals surface area contributed by atoms with Crippen LogP contribution >= 0.6 is 0 Å². The quantitative estimate of drug-likeness (QED) is 0.196. The minimum absolute atomic E-state index is 0.0728. The van der Waals surface area contributed by atoms with E-state index < -0.39 is 17.7 Å². The maximum atomic E-state index is 13.2. The molecule has 3 aromatic heterocycles. The van der Waals surface area contributed by atoms with Crippen molar-refractivity contribution in [3.63, 3.8) is 0 Å². The predicted molar refractivity (Wildman–Crippen MR) is 194 cm³/mol. The van der Waals surface area contributed by atoms with Crippen LogP contribution < -0.4 is 4.90 Å². The van der Waals surface area contributed by atoms with Crippen LogP contribution in [0.15, 0.2) is 54.9 Å². The van der Waals surface area contributed by atoms with Crippen LogP contribution in [0.25, 0.3) is 49.9 Å². The van der Waals surface area contributed by atoms with Gasteiger partial charge in [-0.3, -0.25) is 14.5 Å². The van der Waals surface area contributed by atoms with Crippen LogP contribution in [0.2, 0.25) is 0 Å². The molecule has 0 saturated heterocycles. The van der Waals surface area contributed by atoms with Crippen LogP contribution in [0, 0.1) is 12.3 Å². The average Bonchev–Trinajstić information content (AvgIpc) is 3.62. The largest absolute Gasteiger partial charge is 0.479 e. The Morgan fingerprint density at radius 3 is 2.51 bits per heavy atom. The number of amides is 1. The summed E-state index contributed by atoms with van der Waals surface area (Å²) in [6, 6.07) is 12.6. The SMILES string of the molecule is CC(=O)N1CCn2c(-c3ccnc(-c4ccc5c(cnn5C)c4)c3)cc3c(C4=CCC(C)(C)CC4)c([C@H](OC(C)(C)C)C(=O)O)c(C)c1c32. The van der Waals surface area contributed by atoms with Crippen LogP contribution in [0.3, 0.4) is 0 Å². The summed E-state index contributed by atoms with van der Waals surface area (Å²) in [5.41, 5.74) is 9.52. The van der Waals surface area contributed by atoms with Crippen LogP contribution in [0.4, 0.5) is 5.69 Å². The van der Waals surface area contributed by atoms with Gasteiger partial charge in [0.1, 0.15) is 0 Å². The van der Waals surface area contributed by atoms with Gasteiger partial charge in [-0.2, -0.15) is 5.10 Å². The Morgan fingerprint density at radius 1 is 1.06 bits per heavy atom. The molecule has 0 saturated carbocycles. The van der Waals surface area contributed by atoms with Gasteiger partial charge in [-0.1, -0.05) is 26.0 Å². The van der Waals surface area contributed by atoms with Gasteiger partial charge in [0.05, 0.1) is 34.2 Å². The fourth-order valence-electron chi connectivity index (χ4n) is 7.70. The van der Waals surface area contributed by atoms with Gasteiger partial charge in [-0.05, 0) is 99.4 Å². The molecular formula is C40H45N5O4. The fourth-order valence-corrected chi connectivity index (χ4v) is 7.70. The number of aromatic nitrogens is 4. The van der Waals surface area contributed by atoms with Gasteiger partial charge in [0.15, 0.2) is 6.10 Å². The number of carboxylic acids is 1. The lowest BCUT2D eigenvalue weighted by Crippen LogP contribution is -2.37. The fraction of sp³-hybridized carbons (Fsp3) is 0.400. The molecule has 0 radical (unpaired) electrons. The molecule has 2 aliphatic rings. The molecule has 1 aliphatic heterocycles. The highest BCUT2D eigenvalue weighted by atomic mass is 16.5.